The summed E-state index contributed by atoms with van der Waals surface area (Å²) in [5.41, 5.74) is 1.55. The highest BCUT2D eigenvalue weighted by molar-refractivity contribution is 6.00. The molecule has 1 rings (SSSR count). The van der Waals surface area contributed by atoms with Gasteiger partial charge in [0.05, 0.1) is 12.0 Å². The molecular formula is C11H15NO2. The number of carbonyl (C=O) groups is 1. The molecule has 0 fully saturated rings. The van der Waals surface area contributed by atoms with Gasteiger partial charge in [0, 0.05) is 12.6 Å². The van der Waals surface area contributed by atoms with E-state index in [9.17, 15) is 4.79 Å². The fourth-order valence-corrected chi connectivity index (χ4v) is 1.45. The van der Waals surface area contributed by atoms with Crippen molar-refractivity contribution in [2.45, 2.75) is 20.3 Å². The van der Waals surface area contributed by atoms with Gasteiger partial charge in [-0.15, -0.1) is 0 Å². The van der Waals surface area contributed by atoms with Crippen LogP contribution in [0.2, 0.25) is 0 Å². The first-order chi connectivity index (χ1) is 6.70. The molecule has 76 valence electrons. The van der Waals surface area contributed by atoms with Crippen LogP contribution < -0.4 is 5.32 Å². The van der Waals surface area contributed by atoms with Crippen molar-refractivity contribution in [3.63, 3.8) is 0 Å². The Balaban J connectivity index is 3.17. The summed E-state index contributed by atoms with van der Waals surface area (Å²) >= 11 is 0. The molecule has 14 heavy (non-hydrogen) atoms. The molecule has 0 bridgehead atoms. The minimum atomic E-state index is 0.0771. The van der Waals surface area contributed by atoms with E-state index in [1.165, 1.54) is 0 Å². The van der Waals surface area contributed by atoms with Gasteiger partial charge in [0.2, 0.25) is 0 Å². The number of hydrogen-bond donors (Lipinski definition) is 1. The molecule has 0 atom stereocenters. The quantitative estimate of drug-likeness (QED) is 0.745. The average molecular weight is 193 g/mol. The maximum atomic E-state index is 11.3. The Kier molecular flexibility index (Phi) is 3.51. The summed E-state index contributed by atoms with van der Waals surface area (Å²) in [6.45, 7) is 3.52. The molecule has 0 amide bonds. The highest BCUT2D eigenvalue weighted by atomic mass is 16.3. The van der Waals surface area contributed by atoms with Gasteiger partial charge < -0.3 is 9.73 Å². The van der Waals surface area contributed by atoms with E-state index in [1.54, 1.807) is 26.3 Å². The third kappa shape index (κ3) is 2.05. The fraction of sp³-hybridized carbons (Fsp3) is 0.364. The first-order valence-electron chi connectivity index (χ1n) is 4.66. The van der Waals surface area contributed by atoms with Gasteiger partial charge in [0.25, 0.3) is 0 Å². The zero-order chi connectivity index (χ0) is 10.6. The minimum Gasteiger partial charge on any atom is -0.463 e. The Bertz CT molecular complexity index is 336. The number of rotatable bonds is 4. The highest BCUT2D eigenvalue weighted by Gasteiger charge is 2.12. The predicted molar refractivity (Wildman–Crippen MR) is 55.7 cm³/mol. The van der Waals surface area contributed by atoms with Crippen LogP contribution in [0.15, 0.2) is 28.4 Å². The van der Waals surface area contributed by atoms with Gasteiger partial charge in [-0.2, -0.15) is 0 Å². The van der Waals surface area contributed by atoms with Gasteiger partial charge in [0.15, 0.2) is 5.78 Å². The zero-order valence-corrected chi connectivity index (χ0v) is 8.76. The summed E-state index contributed by atoms with van der Waals surface area (Å²) in [5, 5.41) is 3.00. The number of ketones is 1. The van der Waals surface area contributed by atoms with Crippen LogP contribution in [0.1, 0.15) is 26.0 Å². The van der Waals surface area contributed by atoms with E-state index in [4.69, 9.17) is 4.42 Å². The van der Waals surface area contributed by atoms with E-state index < -0.39 is 0 Å². The summed E-state index contributed by atoms with van der Waals surface area (Å²) in [6.07, 6.45) is 2.30. The summed E-state index contributed by atoms with van der Waals surface area (Å²) in [5.74, 6) is 0.785. The van der Waals surface area contributed by atoms with Gasteiger partial charge in [-0.05, 0) is 25.5 Å². The second kappa shape index (κ2) is 4.65. The van der Waals surface area contributed by atoms with E-state index >= 15 is 0 Å². The van der Waals surface area contributed by atoms with Crippen LogP contribution in [-0.2, 0) is 4.79 Å². The first-order valence-corrected chi connectivity index (χ1v) is 4.66. The maximum absolute atomic E-state index is 11.3. The molecule has 0 saturated carbocycles. The van der Waals surface area contributed by atoms with Crippen molar-refractivity contribution in [2.24, 2.45) is 0 Å². The number of Topliss-reactive ketones (excluding diaryl/α,β-unsaturated/α-hetero) is 1. The Labute approximate surface area is 83.8 Å². The van der Waals surface area contributed by atoms with Crippen LogP contribution in [0, 0.1) is 0 Å². The molecule has 0 saturated heterocycles. The van der Waals surface area contributed by atoms with Crippen molar-refractivity contribution < 1.29 is 9.21 Å². The maximum Gasteiger partial charge on any atom is 0.157 e. The third-order valence-corrected chi connectivity index (χ3v) is 2.10. The number of allylic oxidation sites excluding steroid dienone is 1. The van der Waals surface area contributed by atoms with Crippen molar-refractivity contribution in [1.82, 2.24) is 5.32 Å². The fourth-order valence-electron chi connectivity index (χ4n) is 1.45. The SMILES string of the molecule is CC/C(C(C)=O)=C(/NC)c1ccco1. The molecule has 0 aliphatic carbocycles. The number of hydrogen-bond acceptors (Lipinski definition) is 3. The Hall–Kier alpha value is -1.51. The van der Waals surface area contributed by atoms with Gasteiger partial charge in [-0.3, -0.25) is 4.79 Å². The van der Waals surface area contributed by atoms with Gasteiger partial charge >= 0.3 is 0 Å². The van der Waals surface area contributed by atoms with Crippen LogP contribution >= 0.6 is 0 Å². The number of carbonyl (C=O) groups excluding carboxylic acids is 1. The van der Waals surface area contributed by atoms with Crippen molar-refractivity contribution in [1.29, 1.82) is 0 Å². The van der Waals surface area contributed by atoms with E-state index in [1.807, 2.05) is 13.0 Å². The average Bonchev–Trinajstić information content (AvgIpc) is 2.65. The molecule has 1 aromatic heterocycles. The van der Waals surface area contributed by atoms with E-state index in [0.717, 1.165) is 11.3 Å². The minimum absolute atomic E-state index is 0.0771. The second-order valence-corrected chi connectivity index (χ2v) is 2.99. The first kappa shape index (κ1) is 10.6. The van der Waals surface area contributed by atoms with Crippen LogP contribution in [0.5, 0.6) is 0 Å². The lowest BCUT2D eigenvalue weighted by molar-refractivity contribution is -0.113. The predicted octanol–water partition coefficient (Wildman–Crippen LogP) is 2.21. The van der Waals surface area contributed by atoms with E-state index in [0.29, 0.717) is 12.2 Å². The lowest BCUT2D eigenvalue weighted by atomic mass is 10.1. The van der Waals surface area contributed by atoms with Crippen LogP contribution in [0.3, 0.4) is 0 Å². The molecule has 0 spiro atoms. The largest absolute Gasteiger partial charge is 0.463 e. The zero-order valence-electron chi connectivity index (χ0n) is 8.76. The van der Waals surface area contributed by atoms with Crippen molar-refractivity contribution in [3.8, 4) is 0 Å². The molecule has 0 aromatic carbocycles. The third-order valence-electron chi connectivity index (χ3n) is 2.10. The molecule has 0 aliphatic heterocycles. The standard InChI is InChI=1S/C11H15NO2/c1-4-9(8(2)13)11(12-3)10-6-5-7-14-10/h5-7,12H,4H2,1-3H3/b11-9-. The summed E-state index contributed by atoms with van der Waals surface area (Å²) in [6, 6.07) is 3.64. The Morgan fingerprint density at radius 1 is 1.57 bits per heavy atom. The summed E-state index contributed by atoms with van der Waals surface area (Å²) in [7, 11) is 1.79. The van der Waals surface area contributed by atoms with E-state index in [2.05, 4.69) is 5.32 Å². The van der Waals surface area contributed by atoms with Crippen molar-refractivity contribution >= 4 is 11.5 Å². The molecule has 1 N–H and O–H groups in total. The molecular weight excluding hydrogens is 178 g/mol. The van der Waals surface area contributed by atoms with Crippen LogP contribution in [-0.4, -0.2) is 12.8 Å². The summed E-state index contributed by atoms with van der Waals surface area (Å²) < 4.78 is 5.25. The van der Waals surface area contributed by atoms with E-state index in [-0.39, 0.29) is 5.78 Å². The lowest BCUT2D eigenvalue weighted by Crippen LogP contribution is -2.11. The van der Waals surface area contributed by atoms with Gasteiger partial charge in [-0.25, -0.2) is 0 Å². The highest BCUT2D eigenvalue weighted by Crippen LogP contribution is 2.18. The molecule has 3 heteroatoms. The number of furan rings is 1. The molecule has 0 unspecified atom stereocenters. The normalized spacial score (nSPS) is 12.2. The Morgan fingerprint density at radius 2 is 2.29 bits per heavy atom. The van der Waals surface area contributed by atoms with Crippen molar-refractivity contribution in [2.75, 3.05) is 7.05 Å². The Morgan fingerprint density at radius 3 is 2.64 bits per heavy atom. The van der Waals surface area contributed by atoms with Crippen LogP contribution in [0.25, 0.3) is 5.70 Å². The smallest absolute Gasteiger partial charge is 0.157 e. The topological polar surface area (TPSA) is 42.2 Å². The van der Waals surface area contributed by atoms with Gasteiger partial charge in [-0.1, -0.05) is 6.92 Å². The summed E-state index contributed by atoms with van der Waals surface area (Å²) in [4.78, 5) is 11.3. The monoisotopic (exact) mass is 193 g/mol. The van der Waals surface area contributed by atoms with Crippen molar-refractivity contribution in [3.05, 3.63) is 29.7 Å². The number of nitrogens with one attached hydrogen (secondary N) is 1. The lowest BCUT2D eigenvalue weighted by Gasteiger charge is -2.08. The molecule has 3 nitrogen and oxygen atoms in total. The van der Waals surface area contributed by atoms with Gasteiger partial charge in [0.1, 0.15) is 5.76 Å². The second-order valence-electron chi connectivity index (χ2n) is 2.99. The molecule has 0 radical (unpaired) electrons. The molecule has 1 heterocycles. The van der Waals surface area contributed by atoms with Crippen LogP contribution in [0.4, 0.5) is 0 Å². The molecule has 0 aliphatic rings. The molecule has 1 aromatic rings.